The Hall–Kier alpha value is -2.42. The number of rotatable bonds is 10. The van der Waals surface area contributed by atoms with E-state index in [0.29, 0.717) is 48.1 Å². The molecule has 2 aromatic heterocycles. The predicted octanol–water partition coefficient (Wildman–Crippen LogP) is 6.04. The van der Waals surface area contributed by atoms with Crippen molar-refractivity contribution in [3.63, 3.8) is 0 Å². The number of fused-ring (bicyclic) bond motifs is 1. The number of benzene rings is 1. The van der Waals surface area contributed by atoms with Crippen LogP contribution in [-0.4, -0.2) is 58.4 Å². The lowest BCUT2D eigenvalue weighted by molar-refractivity contribution is -0.153. The molecule has 1 aliphatic rings. The van der Waals surface area contributed by atoms with Gasteiger partial charge in [-0.3, -0.25) is 9.78 Å². The number of alkyl halides is 1. The third-order valence-corrected chi connectivity index (χ3v) is 8.04. The number of halogens is 2. The van der Waals surface area contributed by atoms with Crippen LogP contribution in [0.3, 0.4) is 0 Å². The zero-order chi connectivity index (χ0) is 24.8. The van der Waals surface area contributed by atoms with E-state index in [4.69, 9.17) is 16.3 Å². The van der Waals surface area contributed by atoms with Gasteiger partial charge in [-0.1, -0.05) is 17.7 Å². The highest BCUT2D eigenvalue weighted by atomic mass is 35.5. The zero-order valence-electron chi connectivity index (χ0n) is 19.6. The highest BCUT2D eigenvalue weighted by Crippen LogP contribution is 2.42. The first kappa shape index (κ1) is 25.7. The second-order valence-corrected chi connectivity index (χ2v) is 10.4. The average molecular weight is 518 g/mol. The smallest absolute Gasteiger partial charge is 0.309 e. The molecule has 1 saturated heterocycles. The highest BCUT2D eigenvalue weighted by Gasteiger charge is 2.41. The number of hydrogen-bond acceptors (Lipinski definition) is 6. The molecular formula is C26H29ClFN3O3S. The van der Waals surface area contributed by atoms with Gasteiger partial charge in [-0.2, -0.15) is 0 Å². The fourth-order valence-electron chi connectivity index (χ4n) is 4.65. The first-order chi connectivity index (χ1) is 16.9. The normalized spacial score (nSPS) is 16.8. The van der Waals surface area contributed by atoms with Gasteiger partial charge in [-0.25, -0.2) is 9.37 Å². The van der Waals surface area contributed by atoms with Crippen LogP contribution in [-0.2, 0) is 4.79 Å². The number of ether oxygens (including phenoxy) is 1. The summed E-state index contributed by atoms with van der Waals surface area (Å²) in [6, 6.07) is 11.1. The van der Waals surface area contributed by atoms with Gasteiger partial charge < -0.3 is 14.7 Å². The van der Waals surface area contributed by atoms with E-state index in [1.165, 1.54) is 6.20 Å². The number of methoxy groups -OCH3 is 1. The number of thioether (sulfide) groups is 1. The SMILES string of the molecule is COc1ccc2ncc(Cl)c([C@H](F)CCC3(C(=O)O)CCN(CCSc4ccccn4)CC3)c2c1. The van der Waals surface area contributed by atoms with Crippen LogP contribution in [0.1, 0.15) is 37.4 Å². The van der Waals surface area contributed by atoms with Crippen LogP contribution >= 0.6 is 23.4 Å². The molecule has 9 heteroatoms. The van der Waals surface area contributed by atoms with Gasteiger partial charge in [-0.15, -0.1) is 11.8 Å². The zero-order valence-corrected chi connectivity index (χ0v) is 21.2. The number of piperidine rings is 1. The highest BCUT2D eigenvalue weighted by molar-refractivity contribution is 7.99. The molecule has 0 amide bonds. The number of carboxylic acid groups (broad SMARTS) is 1. The summed E-state index contributed by atoms with van der Waals surface area (Å²) in [6.45, 7) is 2.23. The molecule has 35 heavy (non-hydrogen) atoms. The van der Waals surface area contributed by atoms with Gasteiger partial charge in [0, 0.05) is 35.6 Å². The summed E-state index contributed by atoms with van der Waals surface area (Å²) in [4.78, 5) is 23.2. The van der Waals surface area contributed by atoms with Crippen LogP contribution in [0.15, 0.2) is 53.8 Å². The minimum atomic E-state index is -1.40. The first-order valence-electron chi connectivity index (χ1n) is 11.7. The minimum absolute atomic E-state index is 0.0812. The Morgan fingerprint density at radius 1 is 1.29 bits per heavy atom. The molecule has 1 aromatic carbocycles. The quantitative estimate of drug-likeness (QED) is 0.328. The van der Waals surface area contributed by atoms with Gasteiger partial charge in [0.2, 0.25) is 0 Å². The van der Waals surface area contributed by atoms with Crippen molar-refractivity contribution in [2.75, 3.05) is 32.5 Å². The largest absolute Gasteiger partial charge is 0.497 e. The number of aliphatic carboxylic acids is 1. The summed E-state index contributed by atoms with van der Waals surface area (Å²) in [5.74, 6) is 0.630. The van der Waals surface area contributed by atoms with E-state index in [9.17, 15) is 9.90 Å². The molecule has 4 rings (SSSR count). The van der Waals surface area contributed by atoms with Crippen molar-refractivity contribution in [3.8, 4) is 5.75 Å². The van der Waals surface area contributed by atoms with Gasteiger partial charge in [-0.05, 0) is 69.1 Å². The summed E-state index contributed by atoms with van der Waals surface area (Å²) < 4.78 is 20.9. The monoisotopic (exact) mass is 517 g/mol. The number of carbonyl (C=O) groups is 1. The number of aromatic nitrogens is 2. The molecule has 1 fully saturated rings. The Kier molecular flexibility index (Phi) is 8.46. The van der Waals surface area contributed by atoms with Crippen molar-refractivity contribution in [1.29, 1.82) is 0 Å². The molecule has 0 unspecified atom stereocenters. The lowest BCUT2D eigenvalue weighted by atomic mass is 9.74. The second kappa shape index (κ2) is 11.5. The van der Waals surface area contributed by atoms with Crippen molar-refractivity contribution in [1.82, 2.24) is 14.9 Å². The van der Waals surface area contributed by atoms with E-state index in [0.717, 1.165) is 17.3 Å². The van der Waals surface area contributed by atoms with Crippen LogP contribution in [0.25, 0.3) is 10.9 Å². The molecule has 1 aliphatic heterocycles. The van der Waals surface area contributed by atoms with Gasteiger partial charge in [0.1, 0.15) is 11.9 Å². The Bertz CT molecular complexity index is 1160. The van der Waals surface area contributed by atoms with E-state index in [2.05, 4.69) is 14.9 Å². The molecule has 1 atom stereocenters. The predicted molar refractivity (Wildman–Crippen MR) is 137 cm³/mol. The minimum Gasteiger partial charge on any atom is -0.497 e. The van der Waals surface area contributed by atoms with E-state index in [1.54, 1.807) is 43.3 Å². The second-order valence-electron chi connectivity index (χ2n) is 8.85. The fourth-order valence-corrected chi connectivity index (χ4v) is 5.79. The maximum absolute atomic E-state index is 15.6. The van der Waals surface area contributed by atoms with Gasteiger partial charge in [0.25, 0.3) is 0 Å². The van der Waals surface area contributed by atoms with Crippen LogP contribution in [0.5, 0.6) is 5.75 Å². The molecule has 6 nitrogen and oxygen atoms in total. The van der Waals surface area contributed by atoms with E-state index >= 15 is 4.39 Å². The van der Waals surface area contributed by atoms with Gasteiger partial charge >= 0.3 is 5.97 Å². The molecule has 3 aromatic rings. The fraction of sp³-hybridized carbons (Fsp3) is 0.423. The lowest BCUT2D eigenvalue weighted by Crippen LogP contribution is -2.45. The Morgan fingerprint density at radius 3 is 2.77 bits per heavy atom. The van der Waals surface area contributed by atoms with Crippen LogP contribution in [0, 0.1) is 5.41 Å². The third kappa shape index (κ3) is 6.05. The number of likely N-dealkylation sites (tertiary alicyclic amines) is 1. The van der Waals surface area contributed by atoms with Crippen LogP contribution in [0.4, 0.5) is 4.39 Å². The number of nitrogens with zero attached hydrogens (tertiary/aromatic N) is 3. The van der Waals surface area contributed by atoms with E-state index in [1.807, 2.05) is 18.2 Å². The molecule has 1 N–H and O–H groups in total. The Labute approximate surface area is 213 Å². The van der Waals surface area contributed by atoms with Crippen molar-refractivity contribution >= 4 is 40.2 Å². The number of carboxylic acids is 1. The summed E-state index contributed by atoms with van der Waals surface area (Å²) in [6.07, 6.45) is 3.17. The van der Waals surface area contributed by atoms with Gasteiger partial charge in [0.15, 0.2) is 0 Å². The Balaban J connectivity index is 1.38. The maximum Gasteiger partial charge on any atom is 0.309 e. The van der Waals surface area contributed by atoms with Crippen LogP contribution < -0.4 is 4.74 Å². The van der Waals surface area contributed by atoms with Crippen molar-refractivity contribution in [3.05, 3.63) is 59.4 Å². The van der Waals surface area contributed by atoms with Crippen molar-refractivity contribution in [2.45, 2.75) is 36.9 Å². The van der Waals surface area contributed by atoms with Crippen molar-refractivity contribution in [2.24, 2.45) is 5.41 Å². The van der Waals surface area contributed by atoms with E-state index in [-0.39, 0.29) is 17.9 Å². The molecule has 0 spiro atoms. The van der Waals surface area contributed by atoms with E-state index < -0.39 is 17.6 Å². The third-order valence-electron chi connectivity index (χ3n) is 6.82. The first-order valence-corrected chi connectivity index (χ1v) is 13.0. The molecule has 0 bridgehead atoms. The molecule has 0 aliphatic carbocycles. The molecular weight excluding hydrogens is 489 g/mol. The molecule has 186 valence electrons. The lowest BCUT2D eigenvalue weighted by Gasteiger charge is -2.39. The van der Waals surface area contributed by atoms with Crippen molar-refractivity contribution < 1.29 is 19.0 Å². The molecule has 3 heterocycles. The summed E-state index contributed by atoms with van der Waals surface area (Å²) in [7, 11) is 1.55. The maximum atomic E-state index is 15.6. The summed E-state index contributed by atoms with van der Waals surface area (Å²) in [5.41, 5.74) is 0.0416. The summed E-state index contributed by atoms with van der Waals surface area (Å²) in [5, 5.41) is 11.9. The molecule has 0 saturated carbocycles. The topological polar surface area (TPSA) is 75.6 Å². The Morgan fingerprint density at radius 2 is 2.09 bits per heavy atom. The number of pyridine rings is 2. The average Bonchev–Trinajstić information content (AvgIpc) is 2.88. The number of hydrogen-bond donors (Lipinski definition) is 1. The van der Waals surface area contributed by atoms with Gasteiger partial charge in [0.05, 0.1) is 28.1 Å². The van der Waals surface area contributed by atoms with Crippen LogP contribution in [0.2, 0.25) is 5.02 Å². The molecule has 0 radical (unpaired) electrons. The standard InChI is InChI=1S/C26H29ClFN3O3S/c1-34-18-5-6-22-19(16-18)24(20(27)17-30-22)21(28)7-8-26(25(32)33)9-12-31(13-10-26)14-15-35-23-4-2-3-11-29-23/h2-6,11,16-17,21H,7-10,12-15H2,1H3,(H,32,33)/t21-/m1/s1. The summed E-state index contributed by atoms with van der Waals surface area (Å²) >= 11 is 8.04.